The fourth-order valence-electron chi connectivity index (χ4n) is 9.66. The minimum atomic E-state index is -3.22. The lowest BCUT2D eigenvalue weighted by molar-refractivity contribution is 0.592. The summed E-state index contributed by atoms with van der Waals surface area (Å²) in [7, 11) is -3.22. The third-order valence-electron chi connectivity index (χ3n) is 12.4. The first-order valence-electron chi connectivity index (χ1n) is 21.2. The van der Waals surface area contributed by atoms with Crippen LogP contribution in [0.15, 0.2) is 204 Å². The molecule has 0 bridgehead atoms. The second-order valence-electron chi connectivity index (χ2n) is 15.9. The van der Waals surface area contributed by atoms with Gasteiger partial charge in [0.2, 0.25) is 0 Å². The van der Waals surface area contributed by atoms with Crippen LogP contribution in [0.5, 0.6) is 0 Å². The molecule has 0 atom stereocenters. The van der Waals surface area contributed by atoms with Crippen molar-refractivity contribution in [2.24, 2.45) is 9.98 Å². The highest BCUT2D eigenvalue weighted by Gasteiger charge is 2.30. The third kappa shape index (κ3) is 5.59. The Morgan fingerprint density at radius 2 is 0.922 bits per heavy atom. The molecular formula is C55H38N7OP. The predicted molar refractivity (Wildman–Crippen MR) is 267 cm³/mol. The number of benzene rings is 8. The number of fused-ring (bicyclic) bond motifs is 9. The number of aromatic nitrogens is 5. The Balaban J connectivity index is 1.13. The monoisotopic (exact) mass is 843 g/mol. The molecule has 64 heavy (non-hydrogen) atoms. The fourth-order valence-corrected chi connectivity index (χ4v) is 12.3. The standard InChI is InChI=1S/C55H38N7OP/c1-3-57-47-32-44-52(34-46(47)56-2)62(38-26-28-41(29-27-38)64(63,39-14-6-4-7-15-39)40-16-8-5-9-17-40)55-45-33-48-49(59-31-30-58-48)35-53(45)61(54(44)55)37-24-22-36(23-25-37)60-50-20-12-10-18-42(50)43-19-11-13-21-51(43)60/h3-35H,2H2,1H3. The molecule has 0 unspecified atom stereocenters. The van der Waals surface area contributed by atoms with E-state index >= 15 is 4.57 Å². The molecule has 12 aromatic rings. The van der Waals surface area contributed by atoms with Gasteiger partial charge in [0.05, 0.1) is 55.5 Å². The molecule has 304 valence electrons. The van der Waals surface area contributed by atoms with Gasteiger partial charge < -0.3 is 18.3 Å². The average Bonchev–Trinajstić information content (AvgIpc) is 3.98. The first-order chi connectivity index (χ1) is 31.5. The predicted octanol–water partition coefficient (Wildman–Crippen LogP) is 12.5. The lowest BCUT2D eigenvalue weighted by atomic mass is 10.1. The summed E-state index contributed by atoms with van der Waals surface area (Å²) in [6, 6.07) is 62.2. The molecule has 0 saturated heterocycles. The maximum atomic E-state index is 15.5. The normalized spacial score (nSPS) is 12.2. The lowest BCUT2D eigenvalue weighted by Crippen LogP contribution is -2.24. The van der Waals surface area contributed by atoms with E-state index in [1.54, 1.807) is 18.6 Å². The van der Waals surface area contributed by atoms with Gasteiger partial charge in [0, 0.05) is 73.1 Å². The number of rotatable bonds is 8. The average molecular weight is 844 g/mol. The van der Waals surface area contributed by atoms with Crippen LogP contribution in [0.1, 0.15) is 6.92 Å². The van der Waals surface area contributed by atoms with Gasteiger partial charge in [-0.25, -0.2) is 0 Å². The minimum Gasteiger partial charge on any atom is -0.309 e. The molecule has 0 radical (unpaired) electrons. The number of hydrogen-bond donors (Lipinski definition) is 0. The summed E-state index contributed by atoms with van der Waals surface area (Å²) in [5.74, 6) is 0. The number of nitrogens with zero attached hydrogens (tertiary/aromatic N) is 7. The highest BCUT2D eigenvalue weighted by molar-refractivity contribution is 7.85. The first-order valence-corrected chi connectivity index (χ1v) is 22.9. The molecule has 4 aromatic heterocycles. The van der Waals surface area contributed by atoms with Crippen LogP contribution in [-0.2, 0) is 4.57 Å². The number of aliphatic imine (C=N–C) groups is 2. The van der Waals surface area contributed by atoms with Crippen LogP contribution in [0.4, 0.5) is 11.4 Å². The van der Waals surface area contributed by atoms with E-state index in [0.717, 1.165) is 93.6 Å². The SMILES string of the molecule is C=Nc1cc2c(cc1N=CC)c1c(c3cc4nccnc4cc3n1-c1ccc(-n3c4ccccc4c4ccccc43)cc1)n2-c1ccc(P(=O)(c2ccccc2)c2ccccc2)cc1. The molecule has 12 rings (SSSR count). The van der Waals surface area contributed by atoms with Crippen LogP contribution >= 0.6 is 7.14 Å². The molecule has 0 spiro atoms. The zero-order chi connectivity index (χ0) is 42.9. The van der Waals surface area contributed by atoms with Crippen LogP contribution in [-0.4, -0.2) is 36.6 Å². The van der Waals surface area contributed by atoms with E-state index in [4.69, 9.17) is 15.0 Å². The van der Waals surface area contributed by atoms with Crippen LogP contribution in [0, 0.1) is 0 Å². The van der Waals surface area contributed by atoms with Gasteiger partial charge >= 0.3 is 0 Å². The van der Waals surface area contributed by atoms with Crippen LogP contribution in [0.25, 0.3) is 82.7 Å². The van der Waals surface area contributed by atoms with Gasteiger partial charge in [-0.1, -0.05) is 97.1 Å². The van der Waals surface area contributed by atoms with E-state index in [2.05, 4.69) is 135 Å². The van der Waals surface area contributed by atoms with Crippen LogP contribution in [0.3, 0.4) is 0 Å². The molecule has 0 fully saturated rings. The Morgan fingerprint density at radius 3 is 1.47 bits per heavy atom. The van der Waals surface area contributed by atoms with E-state index < -0.39 is 7.14 Å². The van der Waals surface area contributed by atoms with Crippen molar-refractivity contribution in [3.8, 4) is 17.1 Å². The summed E-state index contributed by atoms with van der Waals surface area (Å²) >= 11 is 0. The molecule has 0 aliphatic rings. The molecule has 0 amide bonds. The van der Waals surface area contributed by atoms with Crippen molar-refractivity contribution in [2.45, 2.75) is 6.92 Å². The van der Waals surface area contributed by atoms with Gasteiger partial charge in [-0.3, -0.25) is 20.0 Å². The Kier molecular flexibility index (Phi) is 8.64. The summed E-state index contributed by atoms with van der Waals surface area (Å²) in [4.78, 5) is 18.8. The third-order valence-corrected chi connectivity index (χ3v) is 15.5. The smallest absolute Gasteiger partial charge is 0.171 e. The summed E-state index contributed by atoms with van der Waals surface area (Å²) < 4.78 is 22.4. The van der Waals surface area contributed by atoms with Gasteiger partial charge in [0.15, 0.2) is 7.14 Å². The lowest BCUT2D eigenvalue weighted by Gasteiger charge is -2.20. The van der Waals surface area contributed by atoms with E-state index in [0.29, 0.717) is 5.69 Å². The molecule has 0 saturated carbocycles. The fraction of sp³-hybridized carbons (Fsp3) is 0.0182. The number of para-hydroxylation sites is 2. The Morgan fingerprint density at radius 1 is 0.469 bits per heavy atom. The zero-order valence-corrected chi connectivity index (χ0v) is 35.6. The maximum Gasteiger partial charge on any atom is 0.171 e. The maximum absolute atomic E-state index is 15.5. The van der Waals surface area contributed by atoms with E-state index in [1.807, 2.05) is 79.7 Å². The highest BCUT2D eigenvalue weighted by Crippen LogP contribution is 2.46. The van der Waals surface area contributed by atoms with E-state index in [1.165, 1.54) is 10.8 Å². The van der Waals surface area contributed by atoms with Crippen molar-refractivity contribution in [3.05, 3.63) is 194 Å². The summed E-state index contributed by atoms with van der Waals surface area (Å²) in [5, 5.41) is 6.75. The van der Waals surface area contributed by atoms with Crippen molar-refractivity contribution < 1.29 is 4.57 Å². The van der Waals surface area contributed by atoms with Crippen molar-refractivity contribution in [2.75, 3.05) is 0 Å². The van der Waals surface area contributed by atoms with E-state index in [9.17, 15) is 0 Å². The summed E-state index contributed by atoms with van der Waals surface area (Å²) in [6.07, 6.45) is 5.26. The molecule has 4 heterocycles. The summed E-state index contributed by atoms with van der Waals surface area (Å²) in [5.41, 5.74) is 12.1. The molecular weight excluding hydrogens is 806 g/mol. The van der Waals surface area contributed by atoms with Crippen molar-refractivity contribution in [3.63, 3.8) is 0 Å². The highest BCUT2D eigenvalue weighted by atomic mass is 31.2. The first kappa shape index (κ1) is 37.6. The Bertz CT molecular complexity index is 3790. The van der Waals surface area contributed by atoms with Crippen molar-refractivity contribution in [1.82, 2.24) is 23.7 Å². The minimum absolute atomic E-state index is 0.670. The van der Waals surface area contributed by atoms with Gasteiger partial charge in [-0.2, -0.15) is 0 Å². The van der Waals surface area contributed by atoms with Gasteiger partial charge in [0.25, 0.3) is 0 Å². The van der Waals surface area contributed by atoms with Crippen LogP contribution < -0.4 is 15.9 Å². The molecule has 0 aliphatic heterocycles. The zero-order valence-electron chi connectivity index (χ0n) is 34.7. The second kappa shape index (κ2) is 14.7. The van der Waals surface area contributed by atoms with Crippen molar-refractivity contribution >= 4 is 113 Å². The molecule has 8 nitrogen and oxygen atoms in total. The largest absolute Gasteiger partial charge is 0.309 e. The van der Waals surface area contributed by atoms with E-state index in [-0.39, 0.29) is 0 Å². The second-order valence-corrected chi connectivity index (χ2v) is 18.6. The van der Waals surface area contributed by atoms with Gasteiger partial charge in [0.1, 0.15) is 0 Å². The van der Waals surface area contributed by atoms with Gasteiger partial charge in [-0.05, 0) is 98.6 Å². The Labute approximate surface area is 368 Å². The van der Waals surface area contributed by atoms with Gasteiger partial charge in [-0.15, -0.1) is 0 Å². The summed E-state index contributed by atoms with van der Waals surface area (Å²) in [6.45, 7) is 5.86. The molecule has 0 aliphatic carbocycles. The number of hydrogen-bond acceptors (Lipinski definition) is 5. The molecule has 8 aromatic carbocycles. The van der Waals surface area contributed by atoms with Crippen molar-refractivity contribution in [1.29, 1.82) is 0 Å². The van der Waals surface area contributed by atoms with Crippen LogP contribution in [0.2, 0.25) is 0 Å². The molecule has 0 N–H and O–H groups in total. The molecule has 9 heteroatoms. The topological polar surface area (TPSA) is 82.4 Å². The Hall–Kier alpha value is -8.19. The quantitative estimate of drug-likeness (QED) is 0.113.